The Labute approximate surface area is 104 Å². The largest absolute Gasteiger partial charge is 0.328 e. The molecule has 0 spiro atoms. The number of hydrogen-bond acceptors (Lipinski definition) is 1. The molecular weight excluding hydrogens is 215 g/mol. The summed E-state index contributed by atoms with van der Waals surface area (Å²) in [7, 11) is 0. The Kier molecular flexibility index (Phi) is 6.60. The first-order chi connectivity index (χ1) is 8.27. The van der Waals surface area contributed by atoms with Gasteiger partial charge in [-0.2, -0.15) is 0 Å². The minimum Gasteiger partial charge on any atom is -0.328 e. The fourth-order valence-electron chi connectivity index (χ4n) is 1.88. The highest BCUT2D eigenvalue weighted by atomic mass is 19.1. The molecule has 96 valence electrons. The van der Waals surface area contributed by atoms with E-state index in [9.17, 15) is 4.39 Å². The van der Waals surface area contributed by atoms with E-state index in [0.29, 0.717) is 6.54 Å². The second-order valence-corrected chi connectivity index (χ2v) is 4.38. The van der Waals surface area contributed by atoms with Crippen LogP contribution >= 0.6 is 0 Å². The van der Waals surface area contributed by atoms with E-state index in [-0.39, 0.29) is 5.83 Å². The van der Waals surface area contributed by atoms with E-state index in [0.717, 1.165) is 18.5 Å². The van der Waals surface area contributed by atoms with Gasteiger partial charge in [0.05, 0.1) is 12.9 Å². The summed E-state index contributed by atoms with van der Waals surface area (Å²) in [4.78, 5) is 4.10. The molecule has 0 amide bonds. The Morgan fingerprint density at radius 2 is 2.18 bits per heavy atom. The molecule has 3 heteroatoms. The van der Waals surface area contributed by atoms with E-state index in [4.69, 9.17) is 0 Å². The summed E-state index contributed by atoms with van der Waals surface area (Å²) in [5.41, 5.74) is 1.14. The smallest absolute Gasteiger partial charge is 0.116 e. The summed E-state index contributed by atoms with van der Waals surface area (Å²) in [6.45, 7) is 4.48. The second-order valence-electron chi connectivity index (χ2n) is 4.38. The summed E-state index contributed by atoms with van der Waals surface area (Å²) in [5.74, 6) is -0.0692. The molecule has 0 aromatic carbocycles. The maximum absolute atomic E-state index is 13.4. The van der Waals surface area contributed by atoms with Crippen molar-refractivity contribution in [2.24, 2.45) is 0 Å². The molecule has 1 aromatic rings. The lowest BCUT2D eigenvalue weighted by Gasteiger charge is -2.06. The number of nitrogens with zero attached hydrogens (tertiary/aromatic N) is 2. The summed E-state index contributed by atoms with van der Waals surface area (Å²) in [6, 6.07) is 0. The number of hydrogen-bond donors (Lipinski definition) is 0. The molecule has 0 aliphatic rings. The van der Waals surface area contributed by atoms with Gasteiger partial charge < -0.3 is 4.57 Å². The van der Waals surface area contributed by atoms with Crippen LogP contribution in [0.4, 0.5) is 4.39 Å². The highest BCUT2D eigenvalue weighted by Crippen LogP contribution is 2.11. The SMILES string of the molecule is CCC=C(F)Cn1cncc1CCCCCC. The highest BCUT2D eigenvalue weighted by Gasteiger charge is 2.03. The standard InChI is InChI=1S/C14H23FN2/c1-3-5-6-7-9-14-10-16-12-17(14)11-13(15)8-4-2/h8,10,12H,3-7,9,11H2,1-2H3. The average Bonchev–Trinajstić information content (AvgIpc) is 2.72. The second kappa shape index (κ2) is 8.04. The van der Waals surface area contributed by atoms with E-state index >= 15 is 0 Å². The van der Waals surface area contributed by atoms with Crippen molar-refractivity contribution in [3.05, 3.63) is 30.1 Å². The van der Waals surface area contributed by atoms with Crippen molar-refractivity contribution in [2.75, 3.05) is 0 Å². The molecule has 0 radical (unpaired) electrons. The van der Waals surface area contributed by atoms with Gasteiger partial charge in [0.25, 0.3) is 0 Å². The van der Waals surface area contributed by atoms with Gasteiger partial charge in [-0.3, -0.25) is 0 Å². The van der Waals surface area contributed by atoms with Crippen LogP contribution in [0.5, 0.6) is 0 Å². The molecule has 0 aliphatic carbocycles. The molecule has 1 aromatic heterocycles. The van der Waals surface area contributed by atoms with E-state index in [1.807, 2.05) is 17.7 Å². The molecule has 0 unspecified atom stereocenters. The van der Waals surface area contributed by atoms with Crippen LogP contribution < -0.4 is 0 Å². The van der Waals surface area contributed by atoms with Crippen molar-refractivity contribution < 1.29 is 4.39 Å². The third kappa shape index (κ3) is 5.16. The zero-order valence-corrected chi connectivity index (χ0v) is 11.0. The van der Waals surface area contributed by atoms with E-state index in [2.05, 4.69) is 11.9 Å². The predicted octanol–water partition coefficient (Wildman–Crippen LogP) is 4.27. The van der Waals surface area contributed by atoms with Crippen LogP contribution in [0.3, 0.4) is 0 Å². The maximum Gasteiger partial charge on any atom is 0.116 e. The number of aryl methyl sites for hydroxylation is 1. The van der Waals surface area contributed by atoms with Gasteiger partial charge in [-0.05, 0) is 19.3 Å². The lowest BCUT2D eigenvalue weighted by Crippen LogP contribution is -2.02. The van der Waals surface area contributed by atoms with E-state index < -0.39 is 0 Å². The summed E-state index contributed by atoms with van der Waals surface area (Å²) in [5, 5.41) is 0. The maximum atomic E-state index is 13.4. The molecule has 0 N–H and O–H groups in total. The van der Waals surface area contributed by atoms with Gasteiger partial charge in [-0.15, -0.1) is 0 Å². The zero-order valence-electron chi connectivity index (χ0n) is 11.0. The minimum absolute atomic E-state index is 0.0692. The van der Waals surface area contributed by atoms with E-state index in [1.54, 1.807) is 12.4 Å². The average molecular weight is 238 g/mol. The van der Waals surface area contributed by atoms with Crippen molar-refractivity contribution >= 4 is 0 Å². The fraction of sp³-hybridized carbons (Fsp3) is 0.643. The zero-order chi connectivity index (χ0) is 12.5. The van der Waals surface area contributed by atoms with Crippen LogP contribution in [0.2, 0.25) is 0 Å². The first-order valence-electron chi connectivity index (χ1n) is 6.61. The van der Waals surface area contributed by atoms with Gasteiger partial charge in [-0.25, -0.2) is 9.37 Å². The van der Waals surface area contributed by atoms with Gasteiger partial charge in [0.15, 0.2) is 0 Å². The lowest BCUT2D eigenvalue weighted by atomic mass is 10.1. The van der Waals surface area contributed by atoms with Crippen LogP contribution in [0.1, 0.15) is 51.6 Å². The third-order valence-corrected chi connectivity index (χ3v) is 2.83. The third-order valence-electron chi connectivity index (χ3n) is 2.83. The van der Waals surface area contributed by atoms with Gasteiger partial charge in [0.2, 0.25) is 0 Å². The number of aromatic nitrogens is 2. The molecule has 1 rings (SSSR count). The Morgan fingerprint density at radius 3 is 2.88 bits per heavy atom. The van der Waals surface area contributed by atoms with Crippen LogP contribution in [0, 0.1) is 0 Å². The summed E-state index contributed by atoms with van der Waals surface area (Å²) in [6.07, 6.45) is 11.9. The number of halogens is 1. The number of imidazole rings is 1. The highest BCUT2D eigenvalue weighted by molar-refractivity contribution is 5.02. The molecule has 0 aliphatic heterocycles. The predicted molar refractivity (Wildman–Crippen MR) is 69.6 cm³/mol. The molecule has 0 bridgehead atoms. The van der Waals surface area contributed by atoms with Gasteiger partial charge in [0.1, 0.15) is 5.83 Å². The van der Waals surface area contributed by atoms with Crippen molar-refractivity contribution in [2.45, 2.75) is 58.9 Å². The summed E-state index contributed by atoms with van der Waals surface area (Å²) >= 11 is 0. The number of allylic oxidation sites excluding steroid dienone is 2. The molecule has 0 atom stereocenters. The van der Waals surface area contributed by atoms with Crippen LogP contribution in [-0.4, -0.2) is 9.55 Å². The van der Waals surface area contributed by atoms with E-state index in [1.165, 1.54) is 25.7 Å². The Morgan fingerprint density at radius 1 is 1.35 bits per heavy atom. The topological polar surface area (TPSA) is 17.8 Å². The monoisotopic (exact) mass is 238 g/mol. The fourth-order valence-corrected chi connectivity index (χ4v) is 1.88. The number of rotatable bonds is 8. The molecule has 1 heterocycles. The molecule has 2 nitrogen and oxygen atoms in total. The molecule has 0 saturated carbocycles. The van der Waals surface area contributed by atoms with Crippen LogP contribution in [0.25, 0.3) is 0 Å². The van der Waals surface area contributed by atoms with Crippen molar-refractivity contribution in [1.29, 1.82) is 0 Å². The van der Waals surface area contributed by atoms with Crippen molar-refractivity contribution in [1.82, 2.24) is 9.55 Å². The van der Waals surface area contributed by atoms with Gasteiger partial charge >= 0.3 is 0 Å². The normalized spacial score (nSPS) is 12.1. The molecular formula is C14H23FN2. The first-order valence-corrected chi connectivity index (χ1v) is 6.61. The van der Waals surface area contributed by atoms with Crippen LogP contribution in [-0.2, 0) is 13.0 Å². The Hall–Kier alpha value is -1.12. The Bertz CT molecular complexity index is 342. The molecule has 17 heavy (non-hydrogen) atoms. The first kappa shape index (κ1) is 13.9. The van der Waals surface area contributed by atoms with Crippen molar-refractivity contribution in [3.63, 3.8) is 0 Å². The van der Waals surface area contributed by atoms with Crippen molar-refractivity contribution in [3.8, 4) is 0 Å². The van der Waals surface area contributed by atoms with Crippen LogP contribution in [0.15, 0.2) is 24.4 Å². The van der Waals surface area contributed by atoms with Gasteiger partial charge in [-0.1, -0.05) is 39.2 Å². The number of unbranched alkanes of at least 4 members (excludes halogenated alkanes) is 3. The lowest BCUT2D eigenvalue weighted by molar-refractivity contribution is 0.537. The molecule has 0 saturated heterocycles. The quantitative estimate of drug-likeness (QED) is 0.618. The van der Waals surface area contributed by atoms with Gasteiger partial charge in [0, 0.05) is 11.9 Å². The minimum atomic E-state index is -0.0692. The summed E-state index contributed by atoms with van der Waals surface area (Å²) < 4.78 is 15.3. The Balaban J connectivity index is 2.45. The molecule has 0 fully saturated rings.